The number of nitrogens with zero attached hydrogens (tertiary/aromatic N) is 1. The van der Waals surface area contributed by atoms with E-state index in [9.17, 15) is 9.90 Å². The first kappa shape index (κ1) is 17.9. The number of nitrogens with one attached hydrogen (secondary N) is 2. The summed E-state index contributed by atoms with van der Waals surface area (Å²) in [6, 6.07) is 8.44. The molecule has 1 aromatic carbocycles. The highest BCUT2D eigenvalue weighted by Crippen LogP contribution is 2.14. The van der Waals surface area contributed by atoms with Crippen molar-refractivity contribution < 1.29 is 9.90 Å². The Bertz CT molecular complexity index is 468. The predicted octanol–water partition coefficient (Wildman–Crippen LogP) is 1.26. The van der Waals surface area contributed by atoms with Crippen molar-refractivity contribution >= 4 is 5.91 Å². The fourth-order valence-corrected chi connectivity index (χ4v) is 2.81. The van der Waals surface area contributed by atoms with E-state index in [4.69, 9.17) is 0 Å². The summed E-state index contributed by atoms with van der Waals surface area (Å²) in [5.74, 6) is 0.108. The number of carbonyl (C=O) groups excluding carboxylic acids is 1. The lowest BCUT2D eigenvalue weighted by atomic mass is 10.1. The van der Waals surface area contributed by atoms with Gasteiger partial charge in [-0.25, -0.2) is 0 Å². The van der Waals surface area contributed by atoms with Crippen molar-refractivity contribution in [2.75, 3.05) is 26.7 Å². The van der Waals surface area contributed by atoms with E-state index in [2.05, 4.69) is 39.8 Å². The molecule has 1 saturated heterocycles. The van der Waals surface area contributed by atoms with Gasteiger partial charge in [0.15, 0.2) is 0 Å². The van der Waals surface area contributed by atoms with Gasteiger partial charge >= 0.3 is 0 Å². The van der Waals surface area contributed by atoms with Crippen LogP contribution in [0.25, 0.3) is 0 Å². The van der Waals surface area contributed by atoms with Crippen LogP contribution in [0, 0.1) is 0 Å². The first-order valence-corrected chi connectivity index (χ1v) is 8.57. The quantitative estimate of drug-likeness (QED) is 0.631. The Hall–Kier alpha value is -1.43. The van der Waals surface area contributed by atoms with Crippen LogP contribution in [0.15, 0.2) is 24.3 Å². The zero-order valence-electron chi connectivity index (χ0n) is 14.1. The van der Waals surface area contributed by atoms with Gasteiger partial charge in [0.2, 0.25) is 5.91 Å². The summed E-state index contributed by atoms with van der Waals surface area (Å²) in [5, 5.41) is 15.5. The van der Waals surface area contributed by atoms with Gasteiger partial charge in [-0.2, -0.15) is 0 Å². The predicted molar refractivity (Wildman–Crippen MR) is 92.0 cm³/mol. The fourth-order valence-electron chi connectivity index (χ4n) is 2.81. The van der Waals surface area contributed by atoms with Crippen LogP contribution in [-0.4, -0.2) is 48.7 Å². The molecule has 0 saturated carbocycles. The molecule has 0 unspecified atom stereocenters. The molecule has 1 aromatic rings. The van der Waals surface area contributed by atoms with Crippen LogP contribution in [0.1, 0.15) is 36.8 Å². The third kappa shape index (κ3) is 6.69. The van der Waals surface area contributed by atoms with Gasteiger partial charge in [0.1, 0.15) is 0 Å². The van der Waals surface area contributed by atoms with Gasteiger partial charge in [0.25, 0.3) is 0 Å². The minimum atomic E-state index is -0.120. The minimum absolute atomic E-state index is 0.108. The van der Waals surface area contributed by atoms with E-state index in [1.807, 2.05) is 7.05 Å². The zero-order valence-corrected chi connectivity index (χ0v) is 14.1. The number of likely N-dealkylation sites (tertiary alicyclic amines) is 1. The summed E-state index contributed by atoms with van der Waals surface area (Å²) < 4.78 is 0. The molecule has 3 N–H and O–H groups in total. The van der Waals surface area contributed by atoms with Crippen molar-refractivity contribution in [3.63, 3.8) is 0 Å². The number of hydrogen-bond donors (Lipinski definition) is 3. The van der Waals surface area contributed by atoms with E-state index in [0.717, 1.165) is 51.0 Å². The van der Waals surface area contributed by atoms with E-state index >= 15 is 0 Å². The fraction of sp³-hybridized carbons (Fsp3) is 0.611. The summed E-state index contributed by atoms with van der Waals surface area (Å²) in [6.07, 6.45) is 3.06. The molecule has 1 amide bonds. The van der Waals surface area contributed by atoms with Crippen LogP contribution in [0.3, 0.4) is 0 Å². The van der Waals surface area contributed by atoms with Crippen molar-refractivity contribution in [3.05, 3.63) is 35.4 Å². The average Bonchev–Trinajstić information content (AvgIpc) is 2.57. The molecule has 0 aliphatic carbocycles. The van der Waals surface area contributed by atoms with Crippen molar-refractivity contribution in [3.8, 4) is 0 Å². The van der Waals surface area contributed by atoms with Crippen molar-refractivity contribution in [1.29, 1.82) is 0 Å². The van der Waals surface area contributed by atoms with Gasteiger partial charge in [-0.3, -0.25) is 9.69 Å². The lowest BCUT2D eigenvalue weighted by Gasteiger charge is -2.29. The highest BCUT2D eigenvalue weighted by Gasteiger charge is 2.16. The number of rotatable bonds is 8. The average molecular weight is 319 g/mol. The molecule has 5 nitrogen and oxygen atoms in total. The molecule has 0 radical (unpaired) electrons. The Labute approximate surface area is 139 Å². The zero-order chi connectivity index (χ0) is 16.5. The molecule has 0 spiro atoms. The highest BCUT2D eigenvalue weighted by molar-refractivity contribution is 5.75. The van der Waals surface area contributed by atoms with Gasteiger partial charge < -0.3 is 15.7 Å². The molecule has 1 aliphatic rings. The van der Waals surface area contributed by atoms with E-state index in [-0.39, 0.29) is 12.0 Å². The molecular formula is C18H29N3O2. The van der Waals surface area contributed by atoms with Gasteiger partial charge in [-0.15, -0.1) is 0 Å². The third-order valence-corrected chi connectivity index (χ3v) is 4.31. The van der Waals surface area contributed by atoms with Crippen LogP contribution >= 0.6 is 0 Å². The Morgan fingerprint density at radius 1 is 1.22 bits per heavy atom. The molecule has 1 fully saturated rings. The molecule has 0 atom stereocenters. The summed E-state index contributed by atoms with van der Waals surface area (Å²) in [6.45, 7) is 4.32. The molecule has 1 heterocycles. The number of aliphatic hydroxyl groups is 1. The van der Waals surface area contributed by atoms with Crippen LogP contribution in [0.4, 0.5) is 0 Å². The minimum Gasteiger partial charge on any atom is -0.393 e. The van der Waals surface area contributed by atoms with Crippen LogP contribution in [-0.2, 0) is 17.9 Å². The SMILES string of the molecule is CNCCCC(=O)NCc1ccc(CN2CCC(O)CC2)cc1. The molecule has 2 rings (SSSR count). The molecule has 5 heteroatoms. The number of carbonyl (C=O) groups is 1. The number of aliphatic hydroxyl groups excluding tert-OH is 1. The van der Waals surface area contributed by atoms with E-state index in [1.54, 1.807) is 0 Å². The number of amides is 1. The van der Waals surface area contributed by atoms with E-state index in [1.165, 1.54) is 5.56 Å². The van der Waals surface area contributed by atoms with Crippen LogP contribution < -0.4 is 10.6 Å². The third-order valence-electron chi connectivity index (χ3n) is 4.31. The summed E-state index contributed by atoms with van der Waals surface area (Å²) in [4.78, 5) is 14.1. The second kappa shape index (κ2) is 9.65. The van der Waals surface area contributed by atoms with Gasteiger partial charge in [0, 0.05) is 32.6 Å². The van der Waals surface area contributed by atoms with Gasteiger partial charge in [-0.05, 0) is 44.0 Å². The molecule has 0 bridgehead atoms. The maximum atomic E-state index is 11.7. The van der Waals surface area contributed by atoms with Gasteiger partial charge in [-0.1, -0.05) is 24.3 Å². The second-order valence-corrected chi connectivity index (χ2v) is 6.31. The lowest BCUT2D eigenvalue weighted by molar-refractivity contribution is -0.121. The van der Waals surface area contributed by atoms with Crippen LogP contribution in [0.5, 0.6) is 0 Å². The maximum absolute atomic E-state index is 11.7. The van der Waals surface area contributed by atoms with E-state index < -0.39 is 0 Å². The second-order valence-electron chi connectivity index (χ2n) is 6.31. The first-order chi connectivity index (χ1) is 11.2. The smallest absolute Gasteiger partial charge is 0.220 e. The Morgan fingerprint density at radius 3 is 2.52 bits per heavy atom. The van der Waals surface area contributed by atoms with Crippen molar-refractivity contribution in [2.24, 2.45) is 0 Å². The molecule has 0 aromatic heterocycles. The summed E-state index contributed by atoms with van der Waals surface area (Å²) >= 11 is 0. The maximum Gasteiger partial charge on any atom is 0.220 e. The molecular weight excluding hydrogens is 290 g/mol. The summed E-state index contributed by atoms with van der Waals surface area (Å²) in [5.41, 5.74) is 2.41. The topological polar surface area (TPSA) is 64.6 Å². The number of piperidine rings is 1. The molecule has 23 heavy (non-hydrogen) atoms. The van der Waals surface area contributed by atoms with Crippen molar-refractivity contribution in [1.82, 2.24) is 15.5 Å². The molecule has 128 valence electrons. The first-order valence-electron chi connectivity index (χ1n) is 8.57. The Kier molecular flexibility index (Phi) is 7.52. The standard InChI is InChI=1S/C18H29N3O2/c1-19-10-2-3-18(23)20-13-15-4-6-16(7-5-15)14-21-11-8-17(22)9-12-21/h4-7,17,19,22H,2-3,8-14H2,1H3,(H,20,23). The number of benzene rings is 1. The normalized spacial score (nSPS) is 16.4. The number of hydrogen-bond acceptors (Lipinski definition) is 4. The Morgan fingerprint density at radius 2 is 1.87 bits per heavy atom. The molecule has 1 aliphatic heterocycles. The van der Waals surface area contributed by atoms with Crippen molar-refractivity contribution in [2.45, 2.75) is 44.9 Å². The van der Waals surface area contributed by atoms with Crippen LogP contribution in [0.2, 0.25) is 0 Å². The summed E-state index contributed by atoms with van der Waals surface area (Å²) in [7, 11) is 1.89. The lowest BCUT2D eigenvalue weighted by Crippen LogP contribution is -2.35. The monoisotopic (exact) mass is 319 g/mol. The van der Waals surface area contributed by atoms with E-state index in [0.29, 0.717) is 13.0 Å². The van der Waals surface area contributed by atoms with Gasteiger partial charge in [0.05, 0.1) is 6.10 Å². The Balaban J connectivity index is 1.70. The highest BCUT2D eigenvalue weighted by atomic mass is 16.3. The largest absolute Gasteiger partial charge is 0.393 e.